The third-order valence-electron chi connectivity index (χ3n) is 2.47. The molecule has 0 aliphatic rings. The molecule has 0 heterocycles. The fraction of sp³-hybridized carbons (Fsp3) is 0.385. The molecule has 5 nitrogen and oxygen atoms in total. The third kappa shape index (κ3) is 3.48. The number of amides is 1. The summed E-state index contributed by atoms with van der Waals surface area (Å²) >= 11 is 0. The van der Waals surface area contributed by atoms with Crippen molar-refractivity contribution in [3.8, 4) is 11.5 Å². The molecule has 0 bridgehead atoms. The van der Waals surface area contributed by atoms with Gasteiger partial charge in [-0.3, -0.25) is 9.59 Å². The Hall–Kier alpha value is -2.04. The summed E-state index contributed by atoms with van der Waals surface area (Å²) in [5, 5.41) is 21.1. The molecule has 0 radical (unpaired) electrons. The molecule has 1 aromatic rings. The maximum Gasteiger partial charge on any atom is 0.255 e. The molecule has 98 valence electrons. The first-order valence-corrected chi connectivity index (χ1v) is 5.55. The molecule has 0 unspecified atom stereocenters. The first-order valence-electron chi connectivity index (χ1n) is 5.55. The molecule has 1 aromatic carbocycles. The van der Waals surface area contributed by atoms with Crippen molar-refractivity contribution in [3.05, 3.63) is 23.8 Å². The van der Waals surface area contributed by atoms with Crippen LogP contribution in [0.25, 0.3) is 0 Å². The van der Waals surface area contributed by atoms with Crippen molar-refractivity contribution < 1.29 is 19.8 Å². The zero-order valence-electron chi connectivity index (χ0n) is 10.7. The minimum atomic E-state index is -0.596. The minimum absolute atomic E-state index is 0.0586. The van der Waals surface area contributed by atoms with Crippen molar-refractivity contribution in [1.29, 1.82) is 0 Å². The highest BCUT2D eigenvalue weighted by atomic mass is 16.3. The quantitative estimate of drug-likeness (QED) is 0.709. The van der Waals surface area contributed by atoms with Gasteiger partial charge in [-0.15, -0.1) is 0 Å². The smallest absolute Gasteiger partial charge is 0.255 e. The Balaban J connectivity index is 2.72. The Kier molecular flexibility index (Phi) is 3.96. The number of carbonyl (C=O) groups is 2. The number of phenolic OH excluding ortho intramolecular Hbond substituents is 2. The fourth-order valence-corrected chi connectivity index (χ4v) is 1.23. The van der Waals surface area contributed by atoms with Crippen molar-refractivity contribution >= 4 is 11.7 Å². The number of benzene rings is 1. The Morgan fingerprint density at radius 3 is 2.39 bits per heavy atom. The van der Waals surface area contributed by atoms with Gasteiger partial charge in [-0.2, -0.15) is 0 Å². The predicted octanol–water partition coefficient (Wildman–Crippen LogP) is 1.44. The van der Waals surface area contributed by atoms with Gasteiger partial charge >= 0.3 is 0 Å². The summed E-state index contributed by atoms with van der Waals surface area (Å²) in [4.78, 5) is 23.3. The van der Waals surface area contributed by atoms with Crippen LogP contribution in [0.3, 0.4) is 0 Å². The molecule has 0 spiro atoms. The topological polar surface area (TPSA) is 86.6 Å². The van der Waals surface area contributed by atoms with E-state index in [0.717, 1.165) is 6.07 Å². The molecule has 0 saturated carbocycles. The zero-order chi connectivity index (χ0) is 13.9. The van der Waals surface area contributed by atoms with Gasteiger partial charge in [-0.1, -0.05) is 20.8 Å². The maximum atomic E-state index is 11.7. The largest absolute Gasteiger partial charge is 0.508 e. The molecule has 0 aliphatic carbocycles. The molecule has 18 heavy (non-hydrogen) atoms. The average molecular weight is 251 g/mol. The molecule has 0 aromatic heterocycles. The van der Waals surface area contributed by atoms with E-state index in [4.69, 9.17) is 0 Å². The number of ketones is 1. The molecular formula is C13H17NO4. The van der Waals surface area contributed by atoms with Gasteiger partial charge in [0.2, 0.25) is 0 Å². The van der Waals surface area contributed by atoms with E-state index < -0.39 is 11.3 Å². The van der Waals surface area contributed by atoms with Crippen LogP contribution in [0.4, 0.5) is 0 Å². The highest BCUT2D eigenvalue weighted by molar-refractivity contribution is 5.99. The van der Waals surface area contributed by atoms with Gasteiger partial charge in [0, 0.05) is 5.41 Å². The lowest BCUT2D eigenvalue weighted by molar-refractivity contribution is -0.125. The molecule has 0 aliphatic heterocycles. The standard InChI is InChI=1S/C13H17NO4/c1-13(2,3)11(17)7-14-12(18)9-6-8(15)4-5-10(9)16/h4-6,15-16H,7H2,1-3H3,(H,14,18). The second-order valence-corrected chi connectivity index (χ2v) is 5.06. The molecule has 0 fully saturated rings. The number of nitrogens with one attached hydrogen (secondary N) is 1. The van der Waals surface area contributed by atoms with Gasteiger partial charge in [-0.05, 0) is 18.2 Å². The molecule has 3 N–H and O–H groups in total. The Labute approximate surface area is 105 Å². The van der Waals surface area contributed by atoms with Crippen LogP contribution in [-0.4, -0.2) is 28.4 Å². The summed E-state index contributed by atoms with van der Waals surface area (Å²) in [6, 6.07) is 3.63. The molecular weight excluding hydrogens is 234 g/mol. The minimum Gasteiger partial charge on any atom is -0.508 e. The molecule has 5 heteroatoms. The highest BCUT2D eigenvalue weighted by Crippen LogP contribution is 2.22. The summed E-state index contributed by atoms with van der Waals surface area (Å²) in [5.41, 5.74) is -0.592. The van der Waals surface area contributed by atoms with Gasteiger partial charge < -0.3 is 15.5 Å². The van der Waals surface area contributed by atoms with Crippen molar-refractivity contribution in [2.24, 2.45) is 5.41 Å². The monoisotopic (exact) mass is 251 g/mol. The van der Waals surface area contributed by atoms with Crippen molar-refractivity contribution in [1.82, 2.24) is 5.32 Å². The predicted molar refractivity (Wildman–Crippen MR) is 66.6 cm³/mol. The lowest BCUT2D eigenvalue weighted by Crippen LogP contribution is -2.35. The first kappa shape index (κ1) is 14.0. The summed E-state index contributed by atoms with van der Waals surface area (Å²) < 4.78 is 0. The molecule has 0 saturated heterocycles. The van der Waals surface area contributed by atoms with Crippen LogP contribution in [0.15, 0.2) is 18.2 Å². The molecule has 1 rings (SSSR count). The molecule has 1 amide bonds. The lowest BCUT2D eigenvalue weighted by atomic mass is 9.91. The van der Waals surface area contributed by atoms with Crippen LogP contribution in [0.2, 0.25) is 0 Å². The Morgan fingerprint density at radius 1 is 1.22 bits per heavy atom. The number of phenols is 2. The van der Waals surface area contributed by atoms with Crippen molar-refractivity contribution in [2.75, 3.05) is 6.54 Å². The van der Waals surface area contributed by atoms with E-state index in [1.165, 1.54) is 12.1 Å². The number of Topliss-reactive ketones (excluding diaryl/α,β-unsaturated/α-hetero) is 1. The van der Waals surface area contributed by atoms with Crippen LogP contribution >= 0.6 is 0 Å². The Morgan fingerprint density at radius 2 is 1.83 bits per heavy atom. The van der Waals surface area contributed by atoms with E-state index in [-0.39, 0.29) is 29.4 Å². The van der Waals surface area contributed by atoms with Crippen molar-refractivity contribution in [2.45, 2.75) is 20.8 Å². The van der Waals surface area contributed by atoms with E-state index >= 15 is 0 Å². The average Bonchev–Trinajstić information content (AvgIpc) is 2.27. The number of hydrogen-bond donors (Lipinski definition) is 3. The second kappa shape index (κ2) is 5.08. The number of aromatic hydroxyl groups is 2. The normalized spacial score (nSPS) is 11.1. The SMILES string of the molecule is CC(C)(C)C(=O)CNC(=O)c1cc(O)ccc1O. The van der Waals surface area contributed by atoms with E-state index in [1.54, 1.807) is 20.8 Å². The molecule has 0 atom stereocenters. The summed E-state index contributed by atoms with van der Waals surface area (Å²) in [7, 11) is 0. The summed E-state index contributed by atoms with van der Waals surface area (Å²) in [6.45, 7) is 5.16. The lowest BCUT2D eigenvalue weighted by Gasteiger charge is -2.16. The number of carbonyl (C=O) groups excluding carboxylic acids is 2. The van der Waals surface area contributed by atoms with Gasteiger partial charge in [0.15, 0.2) is 5.78 Å². The van der Waals surface area contributed by atoms with Gasteiger partial charge in [-0.25, -0.2) is 0 Å². The van der Waals surface area contributed by atoms with Crippen molar-refractivity contribution in [3.63, 3.8) is 0 Å². The third-order valence-corrected chi connectivity index (χ3v) is 2.47. The number of hydrogen-bond acceptors (Lipinski definition) is 4. The van der Waals surface area contributed by atoms with Gasteiger partial charge in [0.1, 0.15) is 11.5 Å². The van der Waals surface area contributed by atoms with Crippen LogP contribution in [-0.2, 0) is 4.79 Å². The van der Waals surface area contributed by atoms with E-state index in [9.17, 15) is 19.8 Å². The number of rotatable bonds is 3. The second-order valence-electron chi connectivity index (χ2n) is 5.06. The van der Waals surface area contributed by atoms with E-state index in [1.807, 2.05) is 0 Å². The van der Waals surface area contributed by atoms with Crippen LogP contribution in [0, 0.1) is 5.41 Å². The Bertz CT molecular complexity index is 474. The maximum absolute atomic E-state index is 11.7. The van der Waals surface area contributed by atoms with Crippen LogP contribution in [0.1, 0.15) is 31.1 Å². The highest BCUT2D eigenvalue weighted by Gasteiger charge is 2.22. The van der Waals surface area contributed by atoms with Gasteiger partial charge in [0.05, 0.1) is 12.1 Å². The fourth-order valence-electron chi connectivity index (χ4n) is 1.23. The van der Waals surface area contributed by atoms with Crippen LogP contribution < -0.4 is 5.32 Å². The first-order chi connectivity index (χ1) is 8.21. The van der Waals surface area contributed by atoms with E-state index in [0.29, 0.717) is 0 Å². The van der Waals surface area contributed by atoms with Crippen LogP contribution in [0.5, 0.6) is 11.5 Å². The summed E-state index contributed by atoms with van der Waals surface area (Å²) in [5.74, 6) is -1.08. The summed E-state index contributed by atoms with van der Waals surface area (Å²) in [6.07, 6.45) is 0. The zero-order valence-corrected chi connectivity index (χ0v) is 10.7. The van der Waals surface area contributed by atoms with Gasteiger partial charge in [0.25, 0.3) is 5.91 Å². The van der Waals surface area contributed by atoms with E-state index in [2.05, 4.69) is 5.32 Å².